The van der Waals surface area contributed by atoms with Crippen molar-refractivity contribution in [1.82, 2.24) is 5.32 Å². The molecular formula is C18H22N2O3. The molecule has 0 unspecified atom stereocenters. The highest BCUT2D eigenvalue weighted by atomic mass is 16.5. The van der Waals surface area contributed by atoms with E-state index in [-0.39, 0.29) is 5.57 Å². The highest BCUT2D eigenvalue weighted by Crippen LogP contribution is 2.29. The lowest BCUT2D eigenvalue weighted by Crippen LogP contribution is -2.24. The number of hydrogen-bond donors (Lipinski definition) is 1. The van der Waals surface area contributed by atoms with Crippen LogP contribution in [0.15, 0.2) is 36.4 Å². The van der Waals surface area contributed by atoms with Crippen LogP contribution in [0, 0.1) is 17.2 Å². The molecule has 0 aliphatic carbocycles. The van der Waals surface area contributed by atoms with Gasteiger partial charge in [0.05, 0.1) is 13.7 Å². The lowest BCUT2D eigenvalue weighted by atomic mass is 10.1. The Morgan fingerprint density at radius 1 is 1.43 bits per heavy atom. The molecule has 122 valence electrons. The molecule has 1 N–H and O–H groups in total. The van der Waals surface area contributed by atoms with Gasteiger partial charge >= 0.3 is 0 Å². The zero-order valence-electron chi connectivity index (χ0n) is 13.8. The van der Waals surface area contributed by atoms with Crippen molar-refractivity contribution in [2.75, 3.05) is 20.3 Å². The van der Waals surface area contributed by atoms with Crippen LogP contribution in [-0.4, -0.2) is 26.2 Å². The average Bonchev–Trinajstić information content (AvgIpc) is 2.55. The van der Waals surface area contributed by atoms with Crippen LogP contribution in [0.3, 0.4) is 0 Å². The van der Waals surface area contributed by atoms with Crippen molar-refractivity contribution in [3.63, 3.8) is 0 Å². The third-order valence-electron chi connectivity index (χ3n) is 2.84. The molecule has 0 saturated carbocycles. The summed E-state index contributed by atoms with van der Waals surface area (Å²) in [5.41, 5.74) is 0.703. The fourth-order valence-corrected chi connectivity index (χ4v) is 1.73. The summed E-state index contributed by atoms with van der Waals surface area (Å²) in [5.74, 6) is 1.15. The van der Waals surface area contributed by atoms with Gasteiger partial charge in [0.15, 0.2) is 11.5 Å². The molecule has 1 aromatic carbocycles. The van der Waals surface area contributed by atoms with E-state index < -0.39 is 5.91 Å². The van der Waals surface area contributed by atoms with Gasteiger partial charge in [-0.25, -0.2) is 0 Å². The van der Waals surface area contributed by atoms with E-state index in [4.69, 9.17) is 14.7 Å². The molecule has 1 rings (SSSR count). The maximum atomic E-state index is 11.8. The molecule has 0 radical (unpaired) electrons. The van der Waals surface area contributed by atoms with Crippen molar-refractivity contribution in [2.24, 2.45) is 5.92 Å². The van der Waals surface area contributed by atoms with Crippen LogP contribution in [0.5, 0.6) is 11.5 Å². The maximum Gasteiger partial charge on any atom is 0.262 e. The van der Waals surface area contributed by atoms with E-state index in [9.17, 15) is 4.79 Å². The van der Waals surface area contributed by atoms with Crippen LogP contribution in [0.25, 0.3) is 6.08 Å². The summed E-state index contributed by atoms with van der Waals surface area (Å²) in [6.07, 6.45) is 3.06. The molecule has 0 bridgehead atoms. The van der Waals surface area contributed by atoms with Gasteiger partial charge in [-0.05, 0) is 29.7 Å². The number of nitrogens with zero attached hydrogens (tertiary/aromatic N) is 1. The highest BCUT2D eigenvalue weighted by molar-refractivity contribution is 6.01. The van der Waals surface area contributed by atoms with E-state index in [1.807, 2.05) is 6.07 Å². The highest BCUT2D eigenvalue weighted by Gasteiger charge is 2.10. The molecule has 0 aliphatic rings. The number of carbonyl (C=O) groups is 1. The summed E-state index contributed by atoms with van der Waals surface area (Å²) in [5, 5.41) is 11.7. The van der Waals surface area contributed by atoms with Gasteiger partial charge in [0.2, 0.25) is 0 Å². The molecule has 0 saturated heterocycles. The third kappa shape index (κ3) is 5.87. The smallest absolute Gasteiger partial charge is 0.262 e. The van der Waals surface area contributed by atoms with Crippen molar-refractivity contribution in [1.29, 1.82) is 5.26 Å². The predicted molar refractivity (Wildman–Crippen MR) is 90.1 cm³/mol. The Kier molecular flexibility index (Phi) is 7.41. The summed E-state index contributed by atoms with van der Waals surface area (Å²) in [6.45, 7) is 8.53. The van der Waals surface area contributed by atoms with E-state index in [2.05, 4.69) is 25.7 Å². The minimum absolute atomic E-state index is 0.0183. The first-order valence-corrected chi connectivity index (χ1v) is 7.33. The van der Waals surface area contributed by atoms with Gasteiger partial charge in [-0.3, -0.25) is 4.79 Å². The Balaban J connectivity index is 2.99. The van der Waals surface area contributed by atoms with Crippen LogP contribution in [0.1, 0.15) is 19.4 Å². The zero-order valence-corrected chi connectivity index (χ0v) is 13.8. The number of hydrogen-bond acceptors (Lipinski definition) is 4. The van der Waals surface area contributed by atoms with Crippen molar-refractivity contribution < 1.29 is 14.3 Å². The summed E-state index contributed by atoms with van der Waals surface area (Å²) >= 11 is 0. The Hall–Kier alpha value is -2.74. The Labute approximate surface area is 137 Å². The van der Waals surface area contributed by atoms with Gasteiger partial charge in [-0.15, -0.1) is 6.58 Å². The van der Waals surface area contributed by atoms with Crippen LogP contribution >= 0.6 is 0 Å². The van der Waals surface area contributed by atoms with E-state index >= 15 is 0 Å². The predicted octanol–water partition coefficient (Wildman–Crippen LogP) is 2.94. The van der Waals surface area contributed by atoms with Crippen LogP contribution in [0.2, 0.25) is 0 Å². The fraction of sp³-hybridized carbons (Fsp3) is 0.333. The van der Waals surface area contributed by atoms with Crippen LogP contribution in [-0.2, 0) is 4.79 Å². The molecule has 0 spiro atoms. The van der Waals surface area contributed by atoms with Gasteiger partial charge in [0, 0.05) is 6.54 Å². The monoisotopic (exact) mass is 314 g/mol. The molecule has 0 aromatic heterocycles. The molecule has 5 nitrogen and oxygen atoms in total. The van der Waals surface area contributed by atoms with Gasteiger partial charge in [-0.2, -0.15) is 5.26 Å². The van der Waals surface area contributed by atoms with Gasteiger partial charge < -0.3 is 14.8 Å². The third-order valence-corrected chi connectivity index (χ3v) is 2.84. The second-order valence-corrected chi connectivity index (χ2v) is 5.28. The summed E-state index contributed by atoms with van der Waals surface area (Å²) < 4.78 is 11.0. The van der Waals surface area contributed by atoms with Gasteiger partial charge in [-0.1, -0.05) is 26.0 Å². The van der Waals surface area contributed by atoms with Crippen LogP contribution in [0.4, 0.5) is 0 Å². The number of methoxy groups -OCH3 is 1. The molecule has 0 aliphatic heterocycles. The summed E-state index contributed by atoms with van der Waals surface area (Å²) in [4.78, 5) is 11.8. The second kappa shape index (κ2) is 9.31. The first-order chi connectivity index (χ1) is 11.0. The van der Waals surface area contributed by atoms with Gasteiger partial charge in [0.1, 0.15) is 11.6 Å². The van der Waals surface area contributed by atoms with E-state index in [0.717, 1.165) is 0 Å². The molecule has 1 amide bonds. The Bertz CT molecular complexity index is 628. The van der Waals surface area contributed by atoms with Gasteiger partial charge in [0.25, 0.3) is 5.91 Å². The zero-order chi connectivity index (χ0) is 17.2. The fourth-order valence-electron chi connectivity index (χ4n) is 1.73. The number of rotatable bonds is 8. The standard InChI is InChI=1S/C18H22N2O3/c1-5-8-20-18(21)15(11-19)9-14-6-7-16(17(10-14)22-4)23-12-13(2)3/h5-7,9-10,13H,1,8,12H2,2-4H3,(H,20,21)/b15-9+. The Morgan fingerprint density at radius 2 is 2.17 bits per heavy atom. The minimum atomic E-state index is -0.438. The Morgan fingerprint density at radius 3 is 2.74 bits per heavy atom. The molecule has 5 heteroatoms. The SMILES string of the molecule is C=CCNC(=O)/C(C#N)=C/c1ccc(OCC(C)C)c(OC)c1. The normalized spacial score (nSPS) is 10.8. The quantitative estimate of drug-likeness (QED) is 0.455. The number of ether oxygens (including phenoxy) is 2. The largest absolute Gasteiger partial charge is 0.493 e. The number of carbonyl (C=O) groups excluding carboxylic acids is 1. The van der Waals surface area contributed by atoms with E-state index in [0.29, 0.717) is 36.1 Å². The minimum Gasteiger partial charge on any atom is -0.493 e. The molecule has 0 atom stereocenters. The summed E-state index contributed by atoms with van der Waals surface area (Å²) in [7, 11) is 1.55. The average molecular weight is 314 g/mol. The van der Waals surface area contributed by atoms with E-state index in [1.165, 1.54) is 6.08 Å². The lowest BCUT2D eigenvalue weighted by molar-refractivity contribution is -0.116. The first-order valence-electron chi connectivity index (χ1n) is 7.33. The number of benzene rings is 1. The van der Waals surface area contributed by atoms with Crippen molar-refractivity contribution >= 4 is 12.0 Å². The molecule has 1 aromatic rings. The molecule has 23 heavy (non-hydrogen) atoms. The number of nitrogens with one attached hydrogen (secondary N) is 1. The topological polar surface area (TPSA) is 71.4 Å². The molecule has 0 heterocycles. The number of amides is 1. The van der Waals surface area contributed by atoms with Crippen molar-refractivity contribution in [3.8, 4) is 17.6 Å². The first kappa shape index (κ1) is 18.3. The lowest BCUT2D eigenvalue weighted by Gasteiger charge is -2.13. The molecular weight excluding hydrogens is 292 g/mol. The van der Waals surface area contributed by atoms with Crippen molar-refractivity contribution in [2.45, 2.75) is 13.8 Å². The maximum absolute atomic E-state index is 11.8. The van der Waals surface area contributed by atoms with E-state index in [1.54, 1.807) is 31.4 Å². The summed E-state index contributed by atoms with van der Waals surface area (Å²) in [6, 6.07) is 7.17. The molecule has 0 fully saturated rings. The second-order valence-electron chi connectivity index (χ2n) is 5.28. The van der Waals surface area contributed by atoms with Crippen molar-refractivity contribution in [3.05, 3.63) is 42.0 Å². The van der Waals surface area contributed by atoms with Crippen LogP contribution < -0.4 is 14.8 Å². The number of nitriles is 1.